The molecule has 5 aliphatic rings. The molecule has 0 bridgehead atoms. The number of ether oxygens (including phenoxy) is 2. The summed E-state index contributed by atoms with van der Waals surface area (Å²) >= 11 is 0. The summed E-state index contributed by atoms with van der Waals surface area (Å²) in [4.78, 5) is 32.8. The number of carbonyl (C=O) groups excluding carboxylic acids is 1. The quantitative estimate of drug-likeness (QED) is 0.0815. The molecule has 1 atom stereocenters. The fourth-order valence-corrected chi connectivity index (χ4v) is 13.1. The molecule has 1 spiro atoms. The number of H-pyrrole nitrogens is 1. The third kappa shape index (κ3) is 8.63. The van der Waals surface area contributed by atoms with E-state index in [-0.39, 0.29) is 50.8 Å². The van der Waals surface area contributed by atoms with Gasteiger partial charge in [0.15, 0.2) is 0 Å². The van der Waals surface area contributed by atoms with Crippen LogP contribution in [-0.4, -0.2) is 114 Å². The molecule has 4 aliphatic heterocycles. The number of fused-ring (bicyclic) bond motifs is 2. The molecule has 5 N–H and O–H groups in total. The fourth-order valence-electron chi connectivity index (χ4n) is 11.9. The van der Waals surface area contributed by atoms with Gasteiger partial charge >= 0.3 is 0 Å². The lowest BCUT2D eigenvalue weighted by molar-refractivity contribution is -0.0832. The molecule has 370 valence electrons. The minimum atomic E-state index is -4.70. The zero-order valence-electron chi connectivity index (χ0n) is 40.0. The van der Waals surface area contributed by atoms with E-state index >= 15 is 8.78 Å². The van der Waals surface area contributed by atoms with Crippen LogP contribution in [0.1, 0.15) is 98.7 Å². The first-order valence-electron chi connectivity index (χ1n) is 24.8. The van der Waals surface area contributed by atoms with E-state index in [0.29, 0.717) is 93.1 Å². The number of aromatic amines is 1. The second-order valence-electron chi connectivity index (χ2n) is 20.8. The number of nitrogens with two attached hydrogens (primary N) is 1. The SMILES string of the molecule is CC(C)c1ccccc1[C@@H]1CCCN1C1CC2(CCN(c3cc(Oc4cnc5[nH]ccc5c4)c(C(=O)NS(=O)(=O)c4cc(N)c(NCC5(F)CCN(C6COC6)CC5)c5c4ncn5C)cc3F)CC2)C1. The Morgan fingerprint density at radius 2 is 1.77 bits per heavy atom. The van der Waals surface area contributed by atoms with Crippen molar-refractivity contribution in [2.75, 3.05) is 68.4 Å². The van der Waals surface area contributed by atoms with Crippen LogP contribution in [0.15, 0.2) is 78.2 Å². The van der Waals surface area contributed by atoms with Crippen molar-refractivity contribution in [2.24, 2.45) is 12.5 Å². The van der Waals surface area contributed by atoms with Gasteiger partial charge in [-0.05, 0) is 105 Å². The van der Waals surface area contributed by atoms with Gasteiger partial charge in [0.05, 0.1) is 59.9 Å². The van der Waals surface area contributed by atoms with Gasteiger partial charge in [0, 0.05) is 69.5 Å². The maximum atomic E-state index is 16.6. The molecule has 15 nitrogen and oxygen atoms in total. The first-order chi connectivity index (χ1) is 33.7. The Morgan fingerprint density at radius 1 is 1.00 bits per heavy atom. The summed E-state index contributed by atoms with van der Waals surface area (Å²) in [5.74, 6) is -1.10. The van der Waals surface area contributed by atoms with Gasteiger partial charge in [0.25, 0.3) is 15.9 Å². The number of pyridine rings is 1. The minimum absolute atomic E-state index is 0.0217. The lowest BCUT2D eigenvalue weighted by Gasteiger charge is -2.56. The number of carbonyl (C=O) groups is 1. The Bertz CT molecular complexity index is 3060. The Kier molecular flexibility index (Phi) is 12.0. The number of rotatable bonds is 13. The van der Waals surface area contributed by atoms with Crippen molar-refractivity contribution >= 4 is 55.1 Å². The summed E-state index contributed by atoms with van der Waals surface area (Å²) in [6, 6.07) is 17.5. The van der Waals surface area contributed by atoms with E-state index in [9.17, 15) is 13.2 Å². The third-order valence-corrected chi connectivity index (χ3v) is 17.4. The molecule has 4 saturated heterocycles. The van der Waals surface area contributed by atoms with Crippen molar-refractivity contribution in [2.45, 2.75) is 99.8 Å². The summed E-state index contributed by atoms with van der Waals surface area (Å²) in [6.45, 7) is 9.38. The van der Waals surface area contributed by atoms with Gasteiger partial charge in [-0.2, -0.15) is 0 Å². The molecule has 5 fully saturated rings. The number of imidazole rings is 1. The summed E-state index contributed by atoms with van der Waals surface area (Å²) in [5.41, 5.74) is 9.37. The lowest BCUT2D eigenvalue weighted by atomic mass is 9.59. The second-order valence-corrected chi connectivity index (χ2v) is 22.4. The number of aromatic nitrogens is 4. The van der Waals surface area contributed by atoms with Gasteiger partial charge in [-0.1, -0.05) is 38.1 Å². The van der Waals surface area contributed by atoms with Crippen LogP contribution in [0.2, 0.25) is 0 Å². The molecule has 1 saturated carbocycles. The predicted octanol–water partition coefficient (Wildman–Crippen LogP) is 8.41. The van der Waals surface area contributed by atoms with Gasteiger partial charge in [0.1, 0.15) is 39.0 Å². The third-order valence-electron chi connectivity index (χ3n) is 16.1. The van der Waals surface area contributed by atoms with Crippen LogP contribution >= 0.6 is 0 Å². The predicted molar refractivity (Wildman–Crippen MR) is 266 cm³/mol. The molecule has 70 heavy (non-hydrogen) atoms. The second kappa shape index (κ2) is 18.1. The first-order valence-corrected chi connectivity index (χ1v) is 26.2. The Morgan fingerprint density at radius 3 is 2.51 bits per heavy atom. The molecule has 11 rings (SSSR count). The summed E-state index contributed by atoms with van der Waals surface area (Å²) < 4.78 is 76.7. The number of hydrogen-bond acceptors (Lipinski definition) is 12. The number of amides is 1. The van der Waals surface area contributed by atoms with E-state index in [1.165, 1.54) is 48.6 Å². The standard InChI is InChI=1S/C52H62F2N10O5S/c1-32(2)37-7-4-5-8-38(37)42-9-6-16-64(42)34-25-51(26-34)11-17-63(18-12-51)43-24-44(69-36-21-33-10-15-56-49(33)57-27-36)39(22-40(43)53)50(65)60-70(66,67)45-23-41(55)46(48-47(45)59-31-61(48)3)58-30-52(54)13-19-62(20-14-52)35-28-68-29-35/h4-5,7-8,10,15,21-24,27,31-32,34-35,42,58H,6,9,11-14,16-20,25-26,28-30,55H2,1-3H3,(H,56,57)(H,60,65)/t42-/m0/s1. The fraction of sp³-hybridized carbons (Fsp3) is 0.481. The molecule has 3 aromatic carbocycles. The normalized spacial score (nSPS) is 21.1. The highest BCUT2D eigenvalue weighted by atomic mass is 32.2. The summed E-state index contributed by atoms with van der Waals surface area (Å²) in [5, 5.41) is 3.92. The molecule has 1 aliphatic carbocycles. The van der Waals surface area contributed by atoms with Gasteiger partial charge in [-0.25, -0.2) is 31.9 Å². The molecule has 6 aromatic rings. The Hall–Kier alpha value is -5.82. The average molecular weight is 977 g/mol. The van der Waals surface area contributed by atoms with Crippen LogP contribution in [0.5, 0.6) is 11.5 Å². The van der Waals surface area contributed by atoms with E-state index in [1.807, 2.05) is 11.0 Å². The molecule has 3 aromatic heterocycles. The van der Waals surface area contributed by atoms with Gasteiger partial charge < -0.3 is 35.0 Å². The van der Waals surface area contributed by atoms with Crippen molar-refractivity contribution in [1.29, 1.82) is 0 Å². The van der Waals surface area contributed by atoms with E-state index in [2.05, 4.69) is 72.9 Å². The number of hydrogen-bond donors (Lipinski definition) is 4. The van der Waals surface area contributed by atoms with Crippen molar-refractivity contribution in [1.82, 2.24) is 34.0 Å². The van der Waals surface area contributed by atoms with Crippen molar-refractivity contribution < 1.29 is 31.5 Å². The molecule has 18 heteroatoms. The Labute approximate surface area is 407 Å². The number of likely N-dealkylation sites (tertiary alicyclic amines) is 2. The molecule has 0 radical (unpaired) electrons. The van der Waals surface area contributed by atoms with E-state index in [4.69, 9.17) is 15.2 Å². The van der Waals surface area contributed by atoms with E-state index < -0.39 is 27.4 Å². The van der Waals surface area contributed by atoms with Crippen LogP contribution in [0.3, 0.4) is 0 Å². The van der Waals surface area contributed by atoms with Crippen LogP contribution in [0, 0.1) is 11.2 Å². The number of nitrogen functional groups attached to an aromatic ring is 1. The number of anilines is 3. The van der Waals surface area contributed by atoms with Crippen LogP contribution in [0.4, 0.5) is 25.8 Å². The van der Waals surface area contributed by atoms with Crippen molar-refractivity contribution in [3.63, 3.8) is 0 Å². The number of halogens is 2. The minimum Gasteiger partial charge on any atom is -0.455 e. The molecule has 7 heterocycles. The summed E-state index contributed by atoms with van der Waals surface area (Å²) in [6.07, 6.45) is 11.7. The maximum Gasteiger partial charge on any atom is 0.268 e. The average Bonchev–Trinajstić information content (AvgIpc) is 4.09. The van der Waals surface area contributed by atoms with Crippen LogP contribution < -0.4 is 25.4 Å². The number of nitrogens with one attached hydrogen (secondary N) is 3. The van der Waals surface area contributed by atoms with Crippen LogP contribution in [0.25, 0.3) is 22.1 Å². The highest BCUT2D eigenvalue weighted by Gasteiger charge is 2.50. The van der Waals surface area contributed by atoms with Gasteiger partial charge in [0.2, 0.25) is 0 Å². The zero-order chi connectivity index (χ0) is 48.5. The summed E-state index contributed by atoms with van der Waals surface area (Å²) in [7, 11) is -3.02. The van der Waals surface area contributed by atoms with E-state index in [1.54, 1.807) is 23.9 Å². The zero-order valence-corrected chi connectivity index (χ0v) is 40.8. The van der Waals surface area contributed by atoms with Crippen molar-refractivity contribution in [3.05, 3.63) is 95.8 Å². The van der Waals surface area contributed by atoms with Gasteiger partial charge in [-0.15, -0.1) is 0 Å². The highest BCUT2D eigenvalue weighted by Crippen LogP contribution is 2.54. The number of alkyl halides is 1. The van der Waals surface area contributed by atoms with Crippen LogP contribution in [-0.2, 0) is 21.8 Å². The van der Waals surface area contributed by atoms with E-state index in [0.717, 1.165) is 43.7 Å². The van der Waals surface area contributed by atoms with Crippen molar-refractivity contribution in [3.8, 4) is 11.5 Å². The molecule has 0 unspecified atom stereocenters. The molecular weight excluding hydrogens is 915 g/mol. The lowest BCUT2D eigenvalue weighted by Crippen LogP contribution is -2.55. The first kappa shape index (κ1) is 46.6. The number of piperidine rings is 2. The molecular formula is C52H62F2N10O5S. The highest BCUT2D eigenvalue weighted by molar-refractivity contribution is 7.90. The smallest absolute Gasteiger partial charge is 0.268 e. The number of aryl methyl sites for hydroxylation is 1. The van der Waals surface area contributed by atoms with Gasteiger partial charge in [-0.3, -0.25) is 14.6 Å². The largest absolute Gasteiger partial charge is 0.455 e. The topological polar surface area (TPSA) is 176 Å². The number of nitrogens with zero attached hydrogens (tertiary/aromatic N) is 6. The Balaban J connectivity index is 0.816. The monoisotopic (exact) mass is 976 g/mol. The number of sulfonamides is 1. The molecule has 1 amide bonds. The maximum absolute atomic E-state index is 16.6. The number of benzene rings is 3.